The quantitative estimate of drug-likeness (QED) is 0.402. The van der Waals surface area contributed by atoms with Crippen molar-refractivity contribution >= 4 is 7.41 Å². The number of hydrogen-bond acceptors (Lipinski definition) is 1. The van der Waals surface area contributed by atoms with Gasteiger partial charge >= 0.3 is 104 Å². The van der Waals surface area contributed by atoms with Crippen molar-refractivity contribution in [3.8, 4) is 0 Å². The van der Waals surface area contributed by atoms with Gasteiger partial charge in [-0.05, 0) is 0 Å². The topological polar surface area (TPSA) is 3.24 Å². The Morgan fingerprint density at radius 1 is 0.750 bits per heavy atom. The van der Waals surface area contributed by atoms with Gasteiger partial charge in [-0.1, -0.05) is 0 Å². The Hall–Kier alpha value is 0.390. The van der Waals surface area contributed by atoms with E-state index in [0.717, 1.165) is 0 Å². The molecule has 2 heteroatoms. The van der Waals surface area contributed by atoms with E-state index in [1.54, 1.807) is 0 Å². The van der Waals surface area contributed by atoms with Crippen molar-refractivity contribution in [1.82, 2.24) is 4.67 Å². The van der Waals surface area contributed by atoms with Crippen LogP contribution in [0.25, 0.3) is 0 Å². The first-order valence-electron chi connectivity index (χ1n) is 7.24. The van der Waals surface area contributed by atoms with Crippen LogP contribution < -0.4 is 0 Å². The van der Waals surface area contributed by atoms with Gasteiger partial charge in [0.25, 0.3) is 0 Å². The molecule has 1 nitrogen and oxygen atoms in total. The van der Waals surface area contributed by atoms with Crippen molar-refractivity contribution in [2.45, 2.75) is 58.8 Å². The summed E-state index contributed by atoms with van der Waals surface area (Å²) in [5.74, 6) is 0. The van der Waals surface area contributed by atoms with Crippen LogP contribution in [0.4, 0.5) is 0 Å². The van der Waals surface area contributed by atoms with Crippen LogP contribution in [0.2, 0.25) is 0 Å². The number of nitrogens with zero attached hydrogens (tertiary/aromatic N) is 1. The second-order valence-corrected chi connectivity index (χ2v) is 10.5. The van der Waals surface area contributed by atoms with Crippen molar-refractivity contribution < 1.29 is 0 Å². The van der Waals surface area contributed by atoms with Crippen LogP contribution in [0.3, 0.4) is 0 Å². The first kappa shape index (κ1) is 16.4. The molecule has 100 valence electrons. The van der Waals surface area contributed by atoms with E-state index in [-0.39, 0.29) is 0 Å². The maximum absolute atomic E-state index is 2.58. The third kappa shape index (κ3) is 6.86. The Kier molecular flexibility index (Phi) is 9.65. The number of hydrogen-bond donors (Lipinski definition) is 0. The van der Waals surface area contributed by atoms with Crippen LogP contribution in [0, 0.1) is 0 Å². The predicted molar refractivity (Wildman–Crippen MR) is 81.3 cm³/mol. The fourth-order valence-corrected chi connectivity index (χ4v) is 5.43. The van der Waals surface area contributed by atoms with Gasteiger partial charge in [0.1, 0.15) is 0 Å². The van der Waals surface area contributed by atoms with Crippen LogP contribution in [-0.2, 0) is 0 Å². The summed E-state index contributed by atoms with van der Waals surface area (Å²) >= 11 is 0. The van der Waals surface area contributed by atoms with Gasteiger partial charge in [-0.2, -0.15) is 0 Å². The maximum atomic E-state index is 2.58. The molecule has 0 radical (unpaired) electrons. The molecule has 0 aliphatic rings. The van der Waals surface area contributed by atoms with Crippen molar-refractivity contribution in [1.29, 1.82) is 0 Å². The Balaban J connectivity index is 3.91. The second kappa shape index (κ2) is 9.42. The summed E-state index contributed by atoms with van der Waals surface area (Å²) in [6, 6.07) is 0. The van der Waals surface area contributed by atoms with E-state index in [2.05, 4.69) is 39.3 Å². The molecule has 0 bridgehead atoms. The molecule has 0 saturated heterocycles. The summed E-state index contributed by atoms with van der Waals surface area (Å²) in [4.78, 5) is 0. The van der Waals surface area contributed by atoms with Gasteiger partial charge in [0.05, 0.1) is 0 Å². The van der Waals surface area contributed by atoms with Crippen LogP contribution in [0.1, 0.15) is 58.8 Å². The third-order valence-corrected chi connectivity index (χ3v) is 8.99. The first-order valence-corrected chi connectivity index (χ1v) is 10.1. The van der Waals surface area contributed by atoms with Crippen molar-refractivity contribution in [2.75, 3.05) is 33.1 Å². The molecule has 0 fully saturated rings. The van der Waals surface area contributed by atoms with E-state index in [4.69, 9.17) is 0 Å². The number of unbranched alkanes of at least 4 members (excludes halogenated alkanes) is 5. The molecular weight excluding hydrogens is 213 g/mol. The minimum absolute atomic E-state index is 1.08. The fourth-order valence-electron chi connectivity index (χ4n) is 2.26. The molecule has 0 N–H and O–H groups in total. The summed E-state index contributed by atoms with van der Waals surface area (Å²) in [6.45, 7) is 7.17. The Morgan fingerprint density at radius 3 is 1.62 bits per heavy atom. The molecule has 0 aromatic heterocycles. The Morgan fingerprint density at radius 2 is 1.19 bits per heavy atom. The van der Waals surface area contributed by atoms with Gasteiger partial charge in [-0.25, -0.2) is 0 Å². The van der Waals surface area contributed by atoms with Crippen molar-refractivity contribution in [2.24, 2.45) is 0 Å². The molecule has 0 aromatic carbocycles. The molecule has 0 rings (SSSR count). The van der Waals surface area contributed by atoms with Gasteiger partial charge < -0.3 is 0 Å². The van der Waals surface area contributed by atoms with E-state index in [1.807, 2.05) is 0 Å². The molecule has 0 aliphatic heterocycles. The van der Waals surface area contributed by atoms with E-state index >= 15 is 0 Å². The van der Waals surface area contributed by atoms with E-state index in [9.17, 15) is 0 Å². The molecular formula is C14H34NP. The SMILES string of the molecule is CCCCCC[PH](C)(CCCCC)N(C)C. The molecule has 16 heavy (non-hydrogen) atoms. The van der Waals surface area contributed by atoms with Gasteiger partial charge in [-0.15, -0.1) is 0 Å². The normalized spacial score (nSPS) is 13.4. The average molecular weight is 247 g/mol. The fraction of sp³-hybridized carbons (Fsp3) is 1.00. The van der Waals surface area contributed by atoms with Gasteiger partial charge in [0.15, 0.2) is 0 Å². The van der Waals surface area contributed by atoms with E-state index in [1.165, 1.54) is 57.3 Å². The van der Waals surface area contributed by atoms with Gasteiger partial charge in [0.2, 0.25) is 0 Å². The molecule has 0 heterocycles. The zero-order valence-corrected chi connectivity index (χ0v) is 13.3. The van der Waals surface area contributed by atoms with E-state index < -0.39 is 7.41 Å². The zero-order chi connectivity index (χ0) is 12.4. The Bertz CT molecular complexity index is 159. The summed E-state index contributed by atoms with van der Waals surface area (Å²) in [7, 11) is 3.53. The number of rotatable bonds is 10. The van der Waals surface area contributed by atoms with Gasteiger partial charge in [-0.3, -0.25) is 0 Å². The predicted octanol–water partition coefficient (Wildman–Crippen LogP) is 4.61. The molecule has 0 spiro atoms. The molecule has 0 aromatic rings. The van der Waals surface area contributed by atoms with E-state index in [0.29, 0.717) is 0 Å². The third-order valence-electron chi connectivity index (χ3n) is 3.97. The second-order valence-electron chi connectivity index (χ2n) is 5.66. The monoisotopic (exact) mass is 247 g/mol. The first-order chi connectivity index (χ1) is 7.56. The zero-order valence-electron chi connectivity index (χ0n) is 12.3. The molecule has 0 unspecified atom stereocenters. The molecule has 0 saturated carbocycles. The van der Waals surface area contributed by atoms with Crippen LogP contribution in [0.15, 0.2) is 0 Å². The summed E-state index contributed by atoms with van der Waals surface area (Å²) < 4.78 is 2.58. The van der Waals surface area contributed by atoms with Crippen LogP contribution in [-0.4, -0.2) is 37.8 Å². The Labute approximate surface area is 104 Å². The molecule has 0 aliphatic carbocycles. The van der Waals surface area contributed by atoms with Crippen molar-refractivity contribution in [3.63, 3.8) is 0 Å². The molecule has 0 amide bonds. The minimum atomic E-state index is -1.08. The summed E-state index contributed by atoms with van der Waals surface area (Å²) in [5.41, 5.74) is 0. The van der Waals surface area contributed by atoms with Crippen molar-refractivity contribution in [3.05, 3.63) is 0 Å². The van der Waals surface area contributed by atoms with Crippen LogP contribution in [0.5, 0.6) is 0 Å². The summed E-state index contributed by atoms with van der Waals surface area (Å²) in [6.07, 6.45) is 12.9. The van der Waals surface area contributed by atoms with Crippen LogP contribution >= 0.6 is 7.41 Å². The standard InChI is InChI=1S/C14H34NP/c1-6-8-10-12-14-16(5,15(3)4)13-11-9-7-2/h16H,6-14H2,1-5H3. The summed E-state index contributed by atoms with van der Waals surface area (Å²) in [5, 5.41) is 0. The molecule has 0 atom stereocenters. The average Bonchev–Trinajstić information content (AvgIpc) is 2.25. The van der Waals surface area contributed by atoms with Gasteiger partial charge in [0, 0.05) is 0 Å².